The van der Waals surface area contributed by atoms with Crippen LogP contribution in [0.1, 0.15) is 24.8 Å². The molecular weight excluding hydrogens is 378 g/mol. The van der Waals surface area contributed by atoms with E-state index >= 15 is 0 Å². The van der Waals surface area contributed by atoms with E-state index in [0.717, 1.165) is 44.8 Å². The summed E-state index contributed by atoms with van der Waals surface area (Å²) in [4.78, 5) is 14.7. The number of hydrogen-bond acceptors (Lipinski definition) is 5. The molecule has 2 aliphatic heterocycles. The van der Waals surface area contributed by atoms with E-state index in [1.54, 1.807) is 0 Å². The van der Waals surface area contributed by atoms with Gasteiger partial charge in [0.15, 0.2) is 0 Å². The van der Waals surface area contributed by atoms with Crippen LogP contribution in [0.5, 0.6) is 0 Å². The van der Waals surface area contributed by atoms with E-state index in [-0.39, 0.29) is 17.6 Å². The minimum atomic E-state index is -3.33. The van der Waals surface area contributed by atoms with Gasteiger partial charge >= 0.3 is 0 Å². The monoisotopic (exact) mass is 409 g/mol. The van der Waals surface area contributed by atoms with Crippen LogP contribution in [0.2, 0.25) is 0 Å². The molecule has 0 atom stereocenters. The molecule has 1 N–H and O–H groups in total. The maximum atomic E-state index is 12.6. The van der Waals surface area contributed by atoms with Crippen molar-refractivity contribution in [1.82, 2.24) is 14.5 Å². The zero-order valence-corrected chi connectivity index (χ0v) is 17.2. The van der Waals surface area contributed by atoms with Gasteiger partial charge in [0.2, 0.25) is 15.9 Å². The Hall–Kier alpha value is -1.48. The first kappa shape index (κ1) is 21.2. The van der Waals surface area contributed by atoms with E-state index in [1.807, 2.05) is 30.3 Å². The molecule has 0 saturated carbocycles. The average molecular weight is 410 g/mol. The van der Waals surface area contributed by atoms with Crippen LogP contribution in [-0.4, -0.2) is 76.0 Å². The van der Waals surface area contributed by atoms with Gasteiger partial charge in [0.05, 0.1) is 19.0 Å². The van der Waals surface area contributed by atoms with Crippen LogP contribution in [-0.2, 0) is 25.3 Å². The van der Waals surface area contributed by atoms with Gasteiger partial charge in [-0.25, -0.2) is 12.7 Å². The molecule has 156 valence electrons. The molecule has 0 unspecified atom stereocenters. The highest BCUT2D eigenvalue weighted by molar-refractivity contribution is 7.88. The molecule has 0 aromatic heterocycles. The van der Waals surface area contributed by atoms with Gasteiger partial charge in [0.1, 0.15) is 0 Å². The van der Waals surface area contributed by atoms with Crippen molar-refractivity contribution in [2.45, 2.75) is 25.0 Å². The zero-order chi connectivity index (χ0) is 19.8. The summed E-state index contributed by atoms with van der Waals surface area (Å²) < 4.78 is 32.1. The fourth-order valence-electron chi connectivity index (χ4n) is 3.76. The fourth-order valence-corrected chi connectivity index (χ4v) is 5.32. The van der Waals surface area contributed by atoms with Crippen molar-refractivity contribution < 1.29 is 17.9 Å². The molecule has 1 aromatic rings. The van der Waals surface area contributed by atoms with Crippen molar-refractivity contribution in [3.8, 4) is 0 Å². The molecular formula is C20H31N3O4S. The predicted molar refractivity (Wildman–Crippen MR) is 108 cm³/mol. The molecule has 2 heterocycles. The van der Waals surface area contributed by atoms with E-state index in [2.05, 4.69) is 10.2 Å². The summed E-state index contributed by atoms with van der Waals surface area (Å²) in [6, 6.07) is 9.23. The van der Waals surface area contributed by atoms with Crippen LogP contribution in [0.15, 0.2) is 30.3 Å². The lowest BCUT2D eigenvalue weighted by Crippen LogP contribution is -2.44. The van der Waals surface area contributed by atoms with Crippen molar-refractivity contribution in [3.63, 3.8) is 0 Å². The Labute approximate surface area is 168 Å². The SMILES string of the molecule is O=C(NCCCN1CCOCC1)C1CCN(S(=O)(=O)Cc2ccccc2)CC1. The summed E-state index contributed by atoms with van der Waals surface area (Å²) in [5, 5.41) is 3.02. The molecule has 7 nitrogen and oxygen atoms in total. The van der Waals surface area contributed by atoms with Crippen molar-refractivity contribution >= 4 is 15.9 Å². The minimum absolute atomic E-state index is 0.0201. The second kappa shape index (κ2) is 10.3. The van der Waals surface area contributed by atoms with Gasteiger partial charge in [0, 0.05) is 38.6 Å². The van der Waals surface area contributed by atoms with Crippen LogP contribution >= 0.6 is 0 Å². The van der Waals surface area contributed by atoms with Gasteiger partial charge in [-0.1, -0.05) is 30.3 Å². The van der Waals surface area contributed by atoms with Crippen LogP contribution < -0.4 is 5.32 Å². The predicted octanol–water partition coefficient (Wildman–Crippen LogP) is 1.07. The number of nitrogens with one attached hydrogen (secondary N) is 1. The third kappa shape index (κ3) is 6.27. The molecule has 1 aromatic carbocycles. The van der Waals surface area contributed by atoms with Gasteiger partial charge in [-0.05, 0) is 31.4 Å². The number of nitrogens with zero attached hydrogens (tertiary/aromatic N) is 2. The zero-order valence-electron chi connectivity index (χ0n) is 16.4. The lowest BCUT2D eigenvalue weighted by atomic mass is 9.97. The number of morpholine rings is 1. The molecule has 2 aliphatic rings. The first-order chi connectivity index (χ1) is 13.5. The maximum Gasteiger partial charge on any atom is 0.223 e. The van der Waals surface area contributed by atoms with E-state index in [9.17, 15) is 13.2 Å². The van der Waals surface area contributed by atoms with E-state index in [0.29, 0.717) is 32.5 Å². The molecule has 0 spiro atoms. The van der Waals surface area contributed by atoms with Crippen molar-refractivity contribution in [1.29, 1.82) is 0 Å². The lowest BCUT2D eigenvalue weighted by molar-refractivity contribution is -0.126. The summed E-state index contributed by atoms with van der Waals surface area (Å²) in [6.07, 6.45) is 2.10. The van der Waals surface area contributed by atoms with E-state index < -0.39 is 10.0 Å². The van der Waals surface area contributed by atoms with Gasteiger partial charge < -0.3 is 10.1 Å². The summed E-state index contributed by atoms with van der Waals surface area (Å²) in [5.41, 5.74) is 0.794. The Balaban J connectivity index is 1.36. The molecule has 2 saturated heterocycles. The van der Waals surface area contributed by atoms with Crippen LogP contribution in [0, 0.1) is 5.92 Å². The number of amides is 1. The Bertz CT molecular complexity index is 712. The second-order valence-electron chi connectivity index (χ2n) is 7.51. The van der Waals surface area contributed by atoms with Crippen LogP contribution in [0.4, 0.5) is 0 Å². The highest BCUT2D eigenvalue weighted by Crippen LogP contribution is 2.21. The van der Waals surface area contributed by atoms with E-state index in [4.69, 9.17) is 4.74 Å². The third-order valence-corrected chi connectivity index (χ3v) is 7.31. The van der Waals surface area contributed by atoms with E-state index in [1.165, 1.54) is 4.31 Å². The topological polar surface area (TPSA) is 79.0 Å². The molecule has 2 fully saturated rings. The highest BCUT2D eigenvalue weighted by Gasteiger charge is 2.31. The van der Waals surface area contributed by atoms with Crippen LogP contribution in [0.25, 0.3) is 0 Å². The fraction of sp³-hybridized carbons (Fsp3) is 0.650. The largest absolute Gasteiger partial charge is 0.379 e. The standard InChI is InChI=1S/C20H31N3O4S/c24-20(21-9-4-10-22-13-15-27-16-14-22)19-7-11-23(12-8-19)28(25,26)17-18-5-2-1-3-6-18/h1-3,5-6,19H,4,7-17H2,(H,21,24). The molecule has 3 rings (SSSR count). The van der Waals surface area contributed by atoms with Crippen molar-refractivity contribution in [2.24, 2.45) is 5.92 Å². The number of benzene rings is 1. The number of carbonyl (C=O) groups excluding carboxylic acids is 1. The van der Waals surface area contributed by atoms with Gasteiger partial charge in [-0.3, -0.25) is 9.69 Å². The first-order valence-electron chi connectivity index (χ1n) is 10.1. The highest BCUT2D eigenvalue weighted by atomic mass is 32.2. The summed E-state index contributed by atoms with van der Waals surface area (Å²) in [7, 11) is -3.33. The van der Waals surface area contributed by atoms with Crippen LogP contribution in [0.3, 0.4) is 0 Å². The molecule has 0 radical (unpaired) electrons. The van der Waals surface area contributed by atoms with Gasteiger partial charge in [-0.2, -0.15) is 0 Å². The number of rotatable bonds is 8. The Morgan fingerprint density at radius 3 is 2.43 bits per heavy atom. The summed E-state index contributed by atoms with van der Waals surface area (Å²) >= 11 is 0. The Morgan fingerprint density at radius 2 is 1.75 bits per heavy atom. The van der Waals surface area contributed by atoms with Crippen molar-refractivity contribution in [3.05, 3.63) is 35.9 Å². The Kier molecular flexibility index (Phi) is 7.84. The number of piperidine rings is 1. The average Bonchev–Trinajstić information content (AvgIpc) is 2.72. The Morgan fingerprint density at radius 1 is 1.07 bits per heavy atom. The maximum absolute atomic E-state index is 12.6. The summed E-state index contributed by atoms with van der Waals surface area (Å²) in [6.45, 7) is 5.98. The lowest BCUT2D eigenvalue weighted by Gasteiger charge is -2.30. The number of sulfonamides is 1. The summed E-state index contributed by atoms with van der Waals surface area (Å²) in [5.74, 6) is -0.0136. The smallest absolute Gasteiger partial charge is 0.223 e. The van der Waals surface area contributed by atoms with Crippen molar-refractivity contribution in [2.75, 3.05) is 52.5 Å². The number of ether oxygens (including phenoxy) is 1. The van der Waals surface area contributed by atoms with Gasteiger partial charge in [-0.15, -0.1) is 0 Å². The third-order valence-electron chi connectivity index (χ3n) is 5.46. The molecule has 28 heavy (non-hydrogen) atoms. The van der Waals surface area contributed by atoms with Gasteiger partial charge in [0.25, 0.3) is 0 Å². The second-order valence-corrected chi connectivity index (χ2v) is 9.48. The molecule has 8 heteroatoms. The normalized spacial score (nSPS) is 20.1. The minimum Gasteiger partial charge on any atom is -0.379 e. The molecule has 0 bridgehead atoms. The quantitative estimate of drug-likeness (QED) is 0.650. The molecule has 1 amide bonds. The first-order valence-corrected chi connectivity index (χ1v) is 11.7. The molecule has 0 aliphatic carbocycles. The number of carbonyl (C=O) groups is 1. The number of hydrogen-bond donors (Lipinski definition) is 1.